The van der Waals surface area contributed by atoms with E-state index in [1.807, 2.05) is 0 Å². The number of ether oxygens (including phenoxy) is 1. The van der Waals surface area contributed by atoms with Crippen LogP contribution in [-0.4, -0.2) is 15.4 Å². The second-order valence-electron chi connectivity index (χ2n) is 4.75. The number of carbonyl (C=O) groups excluding carboxylic acids is 1. The highest BCUT2D eigenvalue weighted by molar-refractivity contribution is 6.30. The van der Waals surface area contributed by atoms with Crippen molar-refractivity contribution in [2.75, 3.05) is 0 Å². The van der Waals surface area contributed by atoms with Gasteiger partial charge in [-0.25, -0.2) is 14.2 Å². The Morgan fingerprint density at radius 2 is 2.09 bits per heavy atom. The molecule has 2 aromatic heterocycles. The van der Waals surface area contributed by atoms with E-state index in [4.69, 9.17) is 16.3 Å². The van der Waals surface area contributed by atoms with E-state index in [1.54, 1.807) is 12.1 Å². The van der Waals surface area contributed by atoms with Crippen molar-refractivity contribution in [2.24, 2.45) is 0 Å². The highest BCUT2D eigenvalue weighted by Crippen LogP contribution is 2.10. The van der Waals surface area contributed by atoms with Crippen LogP contribution in [0.25, 0.3) is 5.65 Å². The lowest BCUT2D eigenvalue weighted by Gasteiger charge is -2.06. The van der Waals surface area contributed by atoms with Crippen molar-refractivity contribution in [3.05, 3.63) is 81.1 Å². The summed E-state index contributed by atoms with van der Waals surface area (Å²) < 4.78 is 19.4. The van der Waals surface area contributed by atoms with Crippen molar-refractivity contribution < 1.29 is 13.9 Å². The number of fused-ring (bicyclic) bond motifs is 1. The summed E-state index contributed by atoms with van der Waals surface area (Å²) in [5.74, 6) is -1.22. The molecule has 0 fully saturated rings. The van der Waals surface area contributed by atoms with Crippen LogP contribution < -0.4 is 5.56 Å². The highest BCUT2D eigenvalue weighted by atomic mass is 35.5. The van der Waals surface area contributed by atoms with Crippen molar-refractivity contribution >= 4 is 23.2 Å². The minimum Gasteiger partial charge on any atom is -0.456 e. The number of hydrogen-bond donors (Lipinski definition) is 0. The van der Waals surface area contributed by atoms with Gasteiger partial charge in [0.15, 0.2) is 0 Å². The zero-order valence-corrected chi connectivity index (χ0v) is 12.5. The molecule has 1 aromatic carbocycles. The predicted octanol–water partition coefficient (Wildman–Crippen LogP) is 2.84. The number of benzene rings is 1. The quantitative estimate of drug-likeness (QED) is 0.692. The summed E-state index contributed by atoms with van der Waals surface area (Å²) in [7, 11) is 0. The lowest BCUT2D eigenvalue weighted by molar-refractivity contribution is 0.0467. The minimum atomic E-state index is -0.692. The first-order valence-electron chi connectivity index (χ1n) is 6.63. The number of halogens is 2. The first kappa shape index (κ1) is 15.2. The SMILES string of the molecule is O=C(OCc1cc(=O)n2cc(Cl)ccc2n1)c1cccc(F)c1. The smallest absolute Gasteiger partial charge is 0.338 e. The van der Waals surface area contributed by atoms with E-state index in [2.05, 4.69) is 4.98 Å². The Kier molecular flexibility index (Phi) is 4.08. The van der Waals surface area contributed by atoms with E-state index in [0.29, 0.717) is 16.4 Å². The molecule has 0 saturated heterocycles. The molecule has 0 saturated carbocycles. The van der Waals surface area contributed by atoms with Crippen molar-refractivity contribution in [1.82, 2.24) is 9.38 Å². The van der Waals surface area contributed by atoms with Crippen LogP contribution in [0.5, 0.6) is 0 Å². The van der Waals surface area contributed by atoms with Crippen LogP contribution >= 0.6 is 11.6 Å². The fourth-order valence-corrected chi connectivity index (χ4v) is 2.20. The van der Waals surface area contributed by atoms with Gasteiger partial charge in [0.25, 0.3) is 5.56 Å². The molecule has 0 radical (unpaired) electrons. The third-order valence-electron chi connectivity index (χ3n) is 3.09. The third-order valence-corrected chi connectivity index (χ3v) is 3.31. The maximum Gasteiger partial charge on any atom is 0.338 e. The van der Waals surface area contributed by atoms with Gasteiger partial charge in [0.2, 0.25) is 0 Å². The van der Waals surface area contributed by atoms with Crippen molar-refractivity contribution in [3.8, 4) is 0 Å². The van der Waals surface area contributed by atoms with Crippen LogP contribution in [0.15, 0.2) is 53.5 Å². The first-order chi connectivity index (χ1) is 11.0. The number of rotatable bonds is 3. The highest BCUT2D eigenvalue weighted by Gasteiger charge is 2.10. The fraction of sp³-hybridized carbons (Fsp3) is 0.0625. The maximum atomic E-state index is 13.1. The molecule has 116 valence electrons. The van der Waals surface area contributed by atoms with E-state index in [0.717, 1.165) is 6.07 Å². The molecule has 0 aliphatic rings. The lowest BCUT2D eigenvalue weighted by Crippen LogP contribution is -2.16. The monoisotopic (exact) mass is 332 g/mol. The second kappa shape index (κ2) is 6.18. The molecule has 0 N–H and O–H groups in total. The topological polar surface area (TPSA) is 60.7 Å². The van der Waals surface area contributed by atoms with Gasteiger partial charge in [-0.05, 0) is 30.3 Å². The lowest BCUT2D eigenvalue weighted by atomic mass is 10.2. The summed E-state index contributed by atoms with van der Waals surface area (Å²) in [6, 6.07) is 9.60. The van der Waals surface area contributed by atoms with E-state index in [-0.39, 0.29) is 17.7 Å². The maximum absolute atomic E-state index is 13.1. The zero-order chi connectivity index (χ0) is 16.4. The number of esters is 1. The molecule has 0 aliphatic carbocycles. The van der Waals surface area contributed by atoms with Gasteiger partial charge in [-0.3, -0.25) is 9.20 Å². The van der Waals surface area contributed by atoms with Crippen LogP contribution in [-0.2, 0) is 11.3 Å². The molecule has 0 unspecified atom stereocenters. The van der Waals surface area contributed by atoms with E-state index >= 15 is 0 Å². The Hall–Kier alpha value is -2.73. The molecule has 0 aliphatic heterocycles. The van der Waals surface area contributed by atoms with E-state index in [1.165, 1.54) is 34.9 Å². The standard InChI is InChI=1S/C16H10ClFN2O3/c17-11-4-5-14-19-13(7-15(21)20(14)8-11)9-23-16(22)10-2-1-3-12(18)6-10/h1-8H,9H2. The van der Waals surface area contributed by atoms with Gasteiger partial charge in [0.1, 0.15) is 18.1 Å². The normalized spacial score (nSPS) is 10.7. The largest absolute Gasteiger partial charge is 0.456 e. The van der Waals surface area contributed by atoms with Crippen molar-refractivity contribution in [1.29, 1.82) is 0 Å². The molecule has 0 spiro atoms. The molecule has 2 heterocycles. The van der Waals surface area contributed by atoms with Gasteiger partial charge in [0, 0.05) is 12.3 Å². The fourth-order valence-electron chi connectivity index (χ4n) is 2.04. The average Bonchev–Trinajstić information content (AvgIpc) is 2.53. The van der Waals surface area contributed by atoms with Crippen LogP contribution in [0.3, 0.4) is 0 Å². The van der Waals surface area contributed by atoms with E-state index < -0.39 is 11.8 Å². The third kappa shape index (κ3) is 3.37. The minimum absolute atomic E-state index is 0.0919. The molecule has 0 amide bonds. The van der Waals surface area contributed by atoms with Gasteiger partial charge in [-0.15, -0.1) is 0 Å². The summed E-state index contributed by atoms with van der Waals surface area (Å²) in [6.07, 6.45) is 1.45. The number of nitrogens with zero attached hydrogens (tertiary/aromatic N) is 2. The van der Waals surface area contributed by atoms with Gasteiger partial charge in [-0.1, -0.05) is 17.7 Å². The van der Waals surface area contributed by atoms with Gasteiger partial charge in [0.05, 0.1) is 16.3 Å². The molecule has 0 bridgehead atoms. The number of aromatic nitrogens is 2. The molecule has 23 heavy (non-hydrogen) atoms. The Labute approximate surface area is 134 Å². The van der Waals surface area contributed by atoms with Crippen LogP contribution in [0.1, 0.15) is 16.1 Å². The van der Waals surface area contributed by atoms with Gasteiger partial charge >= 0.3 is 5.97 Å². The molecule has 0 atom stereocenters. The number of pyridine rings is 1. The average molecular weight is 333 g/mol. The van der Waals surface area contributed by atoms with Crippen molar-refractivity contribution in [3.63, 3.8) is 0 Å². The Bertz CT molecular complexity index is 955. The van der Waals surface area contributed by atoms with Gasteiger partial charge in [-0.2, -0.15) is 0 Å². The summed E-state index contributed by atoms with van der Waals surface area (Å²) in [4.78, 5) is 28.0. The zero-order valence-electron chi connectivity index (χ0n) is 11.7. The summed E-state index contributed by atoms with van der Waals surface area (Å²) in [6.45, 7) is -0.191. The molecule has 3 aromatic rings. The number of hydrogen-bond acceptors (Lipinski definition) is 4. The van der Waals surface area contributed by atoms with Gasteiger partial charge < -0.3 is 4.74 Å². The van der Waals surface area contributed by atoms with Crippen molar-refractivity contribution in [2.45, 2.75) is 6.61 Å². The predicted molar refractivity (Wildman–Crippen MR) is 82.0 cm³/mol. The number of carbonyl (C=O) groups is 1. The van der Waals surface area contributed by atoms with Crippen LogP contribution in [0.4, 0.5) is 4.39 Å². The summed E-state index contributed by atoms with van der Waals surface area (Å²) >= 11 is 5.83. The van der Waals surface area contributed by atoms with Crippen LogP contribution in [0.2, 0.25) is 5.02 Å². The molecule has 3 rings (SSSR count). The molecular weight excluding hydrogens is 323 g/mol. The molecule has 7 heteroatoms. The summed E-state index contributed by atoms with van der Waals surface area (Å²) in [5.41, 5.74) is 0.435. The molecular formula is C16H10ClFN2O3. The molecule has 5 nitrogen and oxygen atoms in total. The van der Waals surface area contributed by atoms with Crippen LogP contribution in [0, 0.1) is 5.82 Å². The van der Waals surface area contributed by atoms with E-state index in [9.17, 15) is 14.0 Å². The Morgan fingerprint density at radius 3 is 2.87 bits per heavy atom. The summed E-state index contributed by atoms with van der Waals surface area (Å²) in [5, 5.41) is 0.409. The Balaban J connectivity index is 1.81. The first-order valence-corrected chi connectivity index (χ1v) is 7.01. The second-order valence-corrected chi connectivity index (χ2v) is 5.18. The Morgan fingerprint density at radius 1 is 1.26 bits per heavy atom.